The van der Waals surface area contributed by atoms with Gasteiger partial charge in [-0.15, -0.1) is 4.99 Å². The molecule has 1 heterocycles. The molecule has 2 aliphatic rings. The summed E-state index contributed by atoms with van der Waals surface area (Å²) in [6, 6.07) is 14.4. The first kappa shape index (κ1) is 18.1. The smallest absolute Gasteiger partial charge is 0.161 e. The molecule has 0 saturated carbocycles. The summed E-state index contributed by atoms with van der Waals surface area (Å²) in [6.45, 7) is 3.10. The van der Waals surface area contributed by atoms with Crippen molar-refractivity contribution in [1.82, 2.24) is 10.4 Å². The predicted molar refractivity (Wildman–Crippen MR) is 120 cm³/mol. The Hall–Kier alpha value is -2.54. The van der Waals surface area contributed by atoms with E-state index in [1.54, 1.807) is 14.2 Å². The number of nitrogens with zero attached hydrogens (tertiary/aromatic N) is 1. The molecular formula is C25H32N2O4. The first-order valence-corrected chi connectivity index (χ1v) is 10.7. The van der Waals surface area contributed by atoms with E-state index in [-0.39, 0.29) is 0 Å². The summed E-state index contributed by atoms with van der Waals surface area (Å²) in [7, 11) is 0.552. The number of nitrogens with one attached hydrogen (secondary N) is 1. The minimum atomic E-state index is -2.65. The molecule has 2 aromatic rings. The highest BCUT2D eigenvalue weighted by molar-refractivity contribution is 5.77. The maximum atomic E-state index is 7.21. The molecule has 6 nitrogen and oxygen atoms in total. The van der Waals surface area contributed by atoms with Crippen molar-refractivity contribution < 1.29 is 23.5 Å². The highest BCUT2D eigenvalue weighted by Crippen LogP contribution is 2.41. The van der Waals surface area contributed by atoms with Gasteiger partial charge in [-0.25, -0.2) is 10.4 Å². The van der Waals surface area contributed by atoms with E-state index in [2.05, 4.69) is 39.5 Å². The number of hydrogen-bond acceptors (Lipinski definition) is 6. The van der Waals surface area contributed by atoms with Crippen LogP contribution in [0.25, 0.3) is 5.70 Å². The highest BCUT2D eigenvalue weighted by atomic mass is 17.3. The van der Waals surface area contributed by atoms with Crippen LogP contribution in [0.5, 0.6) is 11.5 Å². The zero-order valence-electron chi connectivity index (χ0n) is 21.1. The van der Waals surface area contributed by atoms with Gasteiger partial charge in [0.25, 0.3) is 0 Å². The van der Waals surface area contributed by atoms with E-state index < -0.39 is 7.04 Å². The fraction of sp³-hybridized carbons (Fsp3) is 0.440. The average molecular weight is 428 g/mol. The summed E-state index contributed by atoms with van der Waals surface area (Å²) in [5.74, 6) is 1.81. The van der Waals surface area contributed by atoms with E-state index in [9.17, 15) is 0 Å². The minimum absolute atomic E-state index is 0.542. The van der Waals surface area contributed by atoms with Gasteiger partial charge < -0.3 is 9.47 Å². The lowest BCUT2D eigenvalue weighted by atomic mass is 9.89. The summed E-state index contributed by atoms with van der Waals surface area (Å²) in [5, 5.41) is 0. The molecule has 1 aliphatic heterocycles. The second-order valence-electron chi connectivity index (χ2n) is 8.20. The zero-order chi connectivity index (χ0) is 24.1. The normalized spacial score (nSPS) is 18.8. The first-order chi connectivity index (χ1) is 16.4. The number of ether oxygens (including phenoxy) is 2. The Balaban J connectivity index is 1.45. The van der Waals surface area contributed by atoms with E-state index in [1.807, 2.05) is 18.2 Å². The fourth-order valence-corrected chi connectivity index (χ4v) is 4.71. The van der Waals surface area contributed by atoms with E-state index in [1.165, 1.54) is 11.1 Å². The molecule has 1 saturated heterocycles. The van der Waals surface area contributed by atoms with Crippen LogP contribution in [0, 0.1) is 5.92 Å². The van der Waals surface area contributed by atoms with Crippen molar-refractivity contribution >= 4 is 5.70 Å². The monoisotopic (exact) mass is 427 g/mol. The summed E-state index contributed by atoms with van der Waals surface area (Å²) < 4.78 is 32.6. The summed E-state index contributed by atoms with van der Waals surface area (Å²) in [6.07, 6.45) is 3.86. The Kier molecular flexibility index (Phi) is 5.93. The van der Waals surface area contributed by atoms with Crippen molar-refractivity contribution in [2.75, 3.05) is 34.3 Å². The van der Waals surface area contributed by atoms with Gasteiger partial charge in [-0.1, -0.05) is 30.3 Å². The predicted octanol–water partition coefficient (Wildman–Crippen LogP) is 4.36. The fourth-order valence-electron chi connectivity index (χ4n) is 4.71. The molecule has 0 bridgehead atoms. The van der Waals surface area contributed by atoms with Gasteiger partial charge in [0.2, 0.25) is 0 Å². The standard InChI is InChI=1S/C25H32N2O4/c1-28-23-15-20-14-21(25(26-31-30-3)22(20)16-24(23)29-2)13-18-9-11-27(12-10-18)17-19-7-5-4-6-8-19/h4-8,15-16,18,26H,9-14,17H2,1-3H3/i3D3. The van der Waals surface area contributed by atoms with Crippen LogP contribution in [0.4, 0.5) is 0 Å². The molecule has 166 valence electrons. The molecule has 1 fully saturated rings. The molecule has 0 spiro atoms. The Morgan fingerprint density at radius 3 is 2.52 bits per heavy atom. The number of hydrogen-bond donors (Lipinski definition) is 1. The lowest BCUT2D eigenvalue weighted by Gasteiger charge is -2.32. The average Bonchev–Trinajstić information content (AvgIpc) is 3.15. The third-order valence-corrected chi connectivity index (χ3v) is 6.31. The van der Waals surface area contributed by atoms with Gasteiger partial charge in [0, 0.05) is 12.1 Å². The lowest BCUT2D eigenvalue weighted by Crippen LogP contribution is -2.33. The molecule has 6 heteroatoms. The van der Waals surface area contributed by atoms with Crippen LogP contribution >= 0.6 is 0 Å². The molecule has 0 aromatic heterocycles. The Morgan fingerprint density at radius 2 is 1.81 bits per heavy atom. The molecule has 1 N–H and O–H groups in total. The van der Waals surface area contributed by atoms with Gasteiger partial charge in [0.1, 0.15) is 0 Å². The maximum Gasteiger partial charge on any atom is 0.161 e. The Labute approximate surface area is 188 Å². The largest absolute Gasteiger partial charge is 0.493 e. The molecule has 0 unspecified atom stereocenters. The topological polar surface area (TPSA) is 52.2 Å². The van der Waals surface area contributed by atoms with Crippen LogP contribution in [0.2, 0.25) is 0 Å². The van der Waals surface area contributed by atoms with Crippen molar-refractivity contribution in [3.05, 3.63) is 64.7 Å². The number of methoxy groups -OCH3 is 2. The minimum Gasteiger partial charge on any atom is -0.493 e. The quantitative estimate of drug-likeness (QED) is 0.474. The van der Waals surface area contributed by atoms with Gasteiger partial charge in [0.15, 0.2) is 11.5 Å². The molecule has 2 aromatic carbocycles. The van der Waals surface area contributed by atoms with Crippen LogP contribution in [0.1, 0.15) is 40.1 Å². The van der Waals surface area contributed by atoms with Crippen molar-refractivity contribution in [1.29, 1.82) is 0 Å². The van der Waals surface area contributed by atoms with Crippen molar-refractivity contribution in [2.45, 2.75) is 32.2 Å². The van der Waals surface area contributed by atoms with E-state index in [0.29, 0.717) is 17.4 Å². The van der Waals surface area contributed by atoms with Crippen molar-refractivity contribution in [2.24, 2.45) is 5.92 Å². The SMILES string of the molecule is [2H]C([2H])([2H])OONC1=C(CC2CCN(Cc3ccccc3)CC2)Cc2cc(OC)c(OC)cc21. The molecule has 4 rings (SSSR count). The van der Waals surface area contributed by atoms with Crippen molar-refractivity contribution in [3.8, 4) is 11.5 Å². The Morgan fingerprint density at radius 1 is 1.06 bits per heavy atom. The number of piperidine rings is 1. The lowest BCUT2D eigenvalue weighted by molar-refractivity contribution is -0.303. The molecule has 0 amide bonds. The third-order valence-electron chi connectivity index (χ3n) is 6.31. The number of rotatable bonds is 9. The number of likely N-dealkylation sites (tertiary alicyclic amines) is 1. The second kappa shape index (κ2) is 10.2. The first-order valence-electron chi connectivity index (χ1n) is 12.2. The summed E-state index contributed by atoms with van der Waals surface area (Å²) in [4.78, 5) is 11.9. The molecule has 1 aliphatic carbocycles. The molecule has 0 atom stereocenters. The third kappa shape index (κ3) is 5.03. The number of hydroxylamine groups is 1. The highest BCUT2D eigenvalue weighted by Gasteiger charge is 2.28. The van der Waals surface area contributed by atoms with E-state index in [4.69, 9.17) is 18.6 Å². The molecule has 31 heavy (non-hydrogen) atoms. The second-order valence-corrected chi connectivity index (χ2v) is 8.20. The van der Waals surface area contributed by atoms with Gasteiger partial charge in [0.05, 0.1) is 31.1 Å². The van der Waals surface area contributed by atoms with Gasteiger partial charge in [-0.05, 0) is 73.5 Å². The summed E-state index contributed by atoms with van der Waals surface area (Å²) >= 11 is 0. The van der Waals surface area contributed by atoms with Gasteiger partial charge in [-0.2, -0.15) is 0 Å². The molecular weight excluding hydrogens is 392 g/mol. The van der Waals surface area contributed by atoms with Crippen molar-refractivity contribution in [3.63, 3.8) is 0 Å². The van der Waals surface area contributed by atoms with Crippen LogP contribution in [-0.2, 0) is 22.8 Å². The van der Waals surface area contributed by atoms with Crippen LogP contribution in [0.15, 0.2) is 48.0 Å². The number of fused-ring (bicyclic) bond motifs is 1. The zero-order valence-corrected chi connectivity index (χ0v) is 18.1. The van der Waals surface area contributed by atoms with E-state index in [0.717, 1.165) is 62.1 Å². The summed E-state index contributed by atoms with van der Waals surface area (Å²) in [5.41, 5.74) is 7.99. The Bertz CT molecular complexity index is 1000. The van der Waals surface area contributed by atoms with Crippen LogP contribution < -0.4 is 15.0 Å². The maximum absolute atomic E-state index is 7.21. The van der Waals surface area contributed by atoms with Gasteiger partial charge >= 0.3 is 0 Å². The number of allylic oxidation sites excluding steroid dienone is 1. The van der Waals surface area contributed by atoms with E-state index >= 15 is 0 Å². The number of benzene rings is 2. The van der Waals surface area contributed by atoms with Crippen LogP contribution in [-0.4, -0.2) is 39.2 Å². The molecule has 0 radical (unpaired) electrons. The van der Waals surface area contributed by atoms with Crippen LogP contribution in [0.3, 0.4) is 0 Å². The van der Waals surface area contributed by atoms with Gasteiger partial charge in [-0.3, -0.25) is 4.90 Å².